The highest BCUT2D eigenvalue weighted by molar-refractivity contribution is 5.76. The quantitative estimate of drug-likeness (QED) is 0.811. The summed E-state index contributed by atoms with van der Waals surface area (Å²) in [6, 6.07) is 5.87. The van der Waals surface area contributed by atoms with Gasteiger partial charge in [-0.2, -0.15) is 0 Å². The summed E-state index contributed by atoms with van der Waals surface area (Å²) >= 11 is 0. The van der Waals surface area contributed by atoms with Crippen LogP contribution in [0.5, 0.6) is 11.5 Å². The average molecular weight is 320 g/mol. The van der Waals surface area contributed by atoms with Gasteiger partial charge in [0.2, 0.25) is 0 Å². The molecule has 0 aromatic heterocycles. The molecule has 2 aliphatic rings. The van der Waals surface area contributed by atoms with E-state index in [1.807, 2.05) is 19.1 Å². The number of carbonyl (C=O) groups is 1. The van der Waals surface area contributed by atoms with Gasteiger partial charge in [0, 0.05) is 26.2 Å². The molecule has 23 heavy (non-hydrogen) atoms. The predicted molar refractivity (Wildman–Crippen MR) is 86.0 cm³/mol. The maximum atomic E-state index is 12.1. The number of piperazine rings is 1. The Kier molecular flexibility index (Phi) is 5.35. The Morgan fingerprint density at radius 1 is 1.35 bits per heavy atom. The van der Waals surface area contributed by atoms with Gasteiger partial charge < -0.3 is 19.5 Å². The molecular formula is C17H24N2O4. The van der Waals surface area contributed by atoms with Gasteiger partial charge in [0.25, 0.3) is 0 Å². The molecule has 1 aromatic rings. The second kappa shape index (κ2) is 7.66. The van der Waals surface area contributed by atoms with Gasteiger partial charge in [0.15, 0.2) is 11.5 Å². The summed E-state index contributed by atoms with van der Waals surface area (Å²) in [6.07, 6.45) is 0.868. The van der Waals surface area contributed by atoms with Crippen LogP contribution in [-0.4, -0.2) is 62.9 Å². The first-order valence-electron chi connectivity index (χ1n) is 8.28. The van der Waals surface area contributed by atoms with Crippen molar-refractivity contribution in [3.05, 3.63) is 23.8 Å². The van der Waals surface area contributed by atoms with E-state index in [0.717, 1.165) is 37.6 Å². The van der Waals surface area contributed by atoms with Crippen molar-refractivity contribution in [2.75, 3.05) is 46.0 Å². The van der Waals surface area contributed by atoms with E-state index in [0.29, 0.717) is 26.4 Å². The Morgan fingerprint density at radius 3 is 3.00 bits per heavy atom. The molecule has 0 aliphatic carbocycles. The molecule has 1 saturated heterocycles. The fourth-order valence-electron chi connectivity index (χ4n) is 3.00. The van der Waals surface area contributed by atoms with Crippen LogP contribution in [0, 0.1) is 0 Å². The molecule has 2 aliphatic heterocycles. The first kappa shape index (κ1) is 16.1. The Hall–Kier alpha value is -1.79. The lowest BCUT2D eigenvalue weighted by molar-refractivity contribution is -0.150. The summed E-state index contributed by atoms with van der Waals surface area (Å²) in [5, 5.41) is 3.26. The summed E-state index contributed by atoms with van der Waals surface area (Å²) in [7, 11) is 0. The van der Waals surface area contributed by atoms with Crippen LogP contribution in [0.15, 0.2) is 18.2 Å². The van der Waals surface area contributed by atoms with Crippen molar-refractivity contribution >= 4 is 5.97 Å². The lowest BCUT2D eigenvalue weighted by Crippen LogP contribution is -2.55. The summed E-state index contributed by atoms with van der Waals surface area (Å²) in [6.45, 7) is 6.70. The van der Waals surface area contributed by atoms with Gasteiger partial charge in [-0.15, -0.1) is 0 Å². The third-order valence-electron chi connectivity index (χ3n) is 4.21. The second-order valence-corrected chi connectivity index (χ2v) is 5.74. The highest BCUT2D eigenvalue weighted by atomic mass is 16.6. The molecule has 3 rings (SSSR count). The third-order valence-corrected chi connectivity index (χ3v) is 4.21. The Bertz CT molecular complexity index is 549. The van der Waals surface area contributed by atoms with E-state index < -0.39 is 0 Å². The van der Waals surface area contributed by atoms with E-state index in [9.17, 15) is 4.79 Å². The van der Waals surface area contributed by atoms with Gasteiger partial charge in [-0.3, -0.25) is 9.69 Å². The van der Waals surface area contributed by atoms with Crippen molar-refractivity contribution in [1.29, 1.82) is 0 Å². The molecule has 2 heterocycles. The fraction of sp³-hybridized carbons (Fsp3) is 0.588. The van der Waals surface area contributed by atoms with Crippen molar-refractivity contribution in [3.8, 4) is 11.5 Å². The number of nitrogens with zero attached hydrogens (tertiary/aromatic N) is 1. The minimum atomic E-state index is -0.194. The van der Waals surface area contributed by atoms with Crippen LogP contribution in [0.25, 0.3) is 0 Å². The minimum Gasteiger partial charge on any atom is -0.486 e. The number of ether oxygens (including phenoxy) is 3. The van der Waals surface area contributed by atoms with E-state index in [4.69, 9.17) is 14.2 Å². The van der Waals surface area contributed by atoms with E-state index in [2.05, 4.69) is 16.3 Å². The Morgan fingerprint density at radius 2 is 2.17 bits per heavy atom. The smallest absolute Gasteiger partial charge is 0.324 e. The van der Waals surface area contributed by atoms with Crippen molar-refractivity contribution in [2.45, 2.75) is 19.4 Å². The van der Waals surface area contributed by atoms with Crippen molar-refractivity contribution in [3.63, 3.8) is 0 Å². The summed E-state index contributed by atoms with van der Waals surface area (Å²) < 4.78 is 16.3. The number of carbonyl (C=O) groups excluding carboxylic acids is 1. The zero-order valence-corrected chi connectivity index (χ0v) is 13.5. The summed E-state index contributed by atoms with van der Waals surface area (Å²) in [5.74, 6) is 1.49. The third kappa shape index (κ3) is 3.95. The number of hydrogen-bond acceptors (Lipinski definition) is 6. The molecule has 1 unspecified atom stereocenters. The van der Waals surface area contributed by atoms with Crippen LogP contribution in [0.3, 0.4) is 0 Å². The number of nitrogens with one attached hydrogen (secondary N) is 1. The molecule has 1 atom stereocenters. The van der Waals surface area contributed by atoms with Crippen LogP contribution in [-0.2, 0) is 16.0 Å². The van der Waals surface area contributed by atoms with Crippen molar-refractivity contribution in [2.24, 2.45) is 0 Å². The molecular weight excluding hydrogens is 296 g/mol. The van der Waals surface area contributed by atoms with Gasteiger partial charge in [0.1, 0.15) is 19.3 Å². The van der Waals surface area contributed by atoms with Crippen molar-refractivity contribution in [1.82, 2.24) is 10.2 Å². The minimum absolute atomic E-state index is 0.137. The highest BCUT2D eigenvalue weighted by Crippen LogP contribution is 2.30. The first-order valence-corrected chi connectivity index (χ1v) is 8.28. The van der Waals surface area contributed by atoms with Crippen molar-refractivity contribution < 1.29 is 19.0 Å². The maximum absolute atomic E-state index is 12.1. The van der Waals surface area contributed by atoms with Crippen LogP contribution in [0.1, 0.15) is 12.5 Å². The van der Waals surface area contributed by atoms with Gasteiger partial charge in [-0.25, -0.2) is 0 Å². The van der Waals surface area contributed by atoms with Crippen LogP contribution < -0.4 is 14.8 Å². The molecule has 1 aromatic carbocycles. The molecule has 1 fully saturated rings. The molecule has 0 bridgehead atoms. The molecule has 0 spiro atoms. The normalized spacial score (nSPS) is 21.0. The monoisotopic (exact) mass is 320 g/mol. The number of fused-ring (bicyclic) bond motifs is 1. The molecule has 0 amide bonds. The molecule has 0 radical (unpaired) electrons. The first-order chi connectivity index (χ1) is 11.3. The summed E-state index contributed by atoms with van der Waals surface area (Å²) in [4.78, 5) is 14.3. The Labute approximate surface area is 136 Å². The van der Waals surface area contributed by atoms with E-state index in [1.165, 1.54) is 5.56 Å². The molecule has 126 valence electrons. The van der Waals surface area contributed by atoms with Gasteiger partial charge in [-0.1, -0.05) is 6.07 Å². The van der Waals surface area contributed by atoms with Gasteiger partial charge >= 0.3 is 5.97 Å². The highest BCUT2D eigenvalue weighted by Gasteiger charge is 2.29. The van der Waals surface area contributed by atoms with E-state index in [1.54, 1.807) is 0 Å². The van der Waals surface area contributed by atoms with Crippen LogP contribution in [0.2, 0.25) is 0 Å². The SMILES string of the molecule is CCOC(=O)C1CNCCN1CCc1ccc2c(c1)OCCO2. The zero-order chi connectivity index (χ0) is 16.1. The zero-order valence-electron chi connectivity index (χ0n) is 13.5. The maximum Gasteiger partial charge on any atom is 0.324 e. The summed E-state index contributed by atoms with van der Waals surface area (Å²) in [5.41, 5.74) is 1.19. The van der Waals surface area contributed by atoms with Gasteiger partial charge in [0.05, 0.1) is 6.61 Å². The average Bonchev–Trinajstić information content (AvgIpc) is 2.60. The lowest BCUT2D eigenvalue weighted by Gasteiger charge is -2.34. The lowest BCUT2D eigenvalue weighted by atomic mass is 10.1. The van der Waals surface area contributed by atoms with E-state index >= 15 is 0 Å². The second-order valence-electron chi connectivity index (χ2n) is 5.74. The number of benzene rings is 1. The largest absolute Gasteiger partial charge is 0.486 e. The molecule has 1 N–H and O–H groups in total. The predicted octanol–water partition coefficient (Wildman–Crippen LogP) is 0.837. The topological polar surface area (TPSA) is 60.0 Å². The standard InChI is InChI=1S/C17H24N2O4/c1-2-21-17(20)14-12-18-6-8-19(14)7-5-13-3-4-15-16(11-13)23-10-9-22-15/h3-4,11,14,18H,2,5-10,12H2,1H3. The number of esters is 1. The van der Waals surface area contributed by atoms with E-state index in [-0.39, 0.29) is 12.0 Å². The van der Waals surface area contributed by atoms with Crippen LogP contribution >= 0.6 is 0 Å². The number of rotatable bonds is 5. The molecule has 0 saturated carbocycles. The van der Waals surface area contributed by atoms with Gasteiger partial charge in [-0.05, 0) is 31.0 Å². The Balaban J connectivity index is 1.60. The molecule has 6 nitrogen and oxygen atoms in total. The molecule has 6 heteroatoms. The number of hydrogen-bond donors (Lipinski definition) is 1. The van der Waals surface area contributed by atoms with Crippen LogP contribution in [0.4, 0.5) is 0 Å². The fourth-order valence-corrected chi connectivity index (χ4v) is 3.00.